The van der Waals surface area contributed by atoms with Gasteiger partial charge in [0.2, 0.25) is 0 Å². The number of aromatic nitrogens is 2. The van der Waals surface area contributed by atoms with Crippen molar-refractivity contribution in [1.82, 2.24) is 9.78 Å². The third kappa shape index (κ3) is 3.16. The zero-order valence-corrected chi connectivity index (χ0v) is 12.1. The Hall–Kier alpha value is -1.35. The molecule has 3 heteroatoms. The number of hydrogen-bond donors (Lipinski definition) is 1. The first kappa shape index (κ1) is 14.1. The van der Waals surface area contributed by atoms with Crippen molar-refractivity contribution < 1.29 is 5.11 Å². The summed E-state index contributed by atoms with van der Waals surface area (Å²) in [6, 6.07) is 8.36. The van der Waals surface area contributed by atoms with Crippen LogP contribution in [0.4, 0.5) is 0 Å². The standard InChI is InChI=1S/C16H24N2O/c1-4-18-16-8-6-5-7-14(16)15(17-18)10-13(11-19)9-12(2)3/h5-8,12-13,19H,4,9-11H2,1-3H3. The molecule has 1 heterocycles. The highest BCUT2D eigenvalue weighted by Gasteiger charge is 2.16. The SMILES string of the molecule is CCn1nc(CC(CO)CC(C)C)c2ccccc21. The Labute approximate surface area is 115 Å². The summed E-state index contributed by atoms with van der Waals surface area (Å²) in [7, 11) is 0. The van der Waals surface area contributed by atoms with Crippen LogP contribution in [0, 0.1) is 11.8 Å². The minimum absolute atomic E-state index is 0.242. The first-order valence-electron chi connectivity index (χ1n) is 7.21. The highest BCUT2D eigenvalue weighted by Crippen LogP contribution is 2.23. The molecular formula is C16H24N2O. The molecule has 0 bridgehead atoms. The van der Waals surface area contributed by atoms with Gasteiger partial charge in [0.25, 0.3) is 0 Å². The molecule has 0 aliphatic rings. The normalized spacial score (nSPS) is 13.3. The average Bonchev–Trinajstić information content (AvgIpc) is 2.76. The fourth-order valence-corrected chi connectivity index (χ4v) is 2.75. The summed E-state index contributed by atoms with van der Waals surface area (Å²) in [4.78, 5) is 0. The number of fused-ring (bicyclic) bond motifs is 1. The molecule has 3 nitrogen and oxygen atoms in total. The summed E-state index contributed by atoms with van der Waals surface area (Å²) in [6.07, 6.45) is 1.91. The lowest BCUT2D eigenvalue weighted by Crippen LogP contribution is -2.13. The smallest absolute Gasteiger partial charge is 0.0707 e. The molecule has 0 aliphatic carbocycles. The van der Waals surface area contributed by atoms with Crippen molar-refractivity contribution in [2.45, 2.75) is 40.2 Å². The molecule has 1 aromatic heterocycles. The van der Waals surface area contributed by atoms with Gasteiger partial charge in [0.15, 0.2) is 0 Å². The zero-order valence-electron chi connectivity index (χ0n) is 12.1. The van der Waals surface area contributed by atoms with E-state index in [1.807, 2.05) is 0 Å². The van der Waals surface area contributed by atoms with Gasteiger partial charge in [0.05, 0.1) is 11.2 Å². The molecule has 1 N–H and O–H groups in total. The second-order valence-electron chi connectivity index (χ2n) is 5.66. The topological polar surface area (TPSA) is 38.0 Å². The number of nitrogens with zero attached hydrogens (tertiary/aromatic N) is 2. The van der Waals surface area contributed by atoms with E-state index >= 15 is 0 Å². The fraction of sp³-hybridized carbons (Fsp3) is 0.562. The average molecular weight is 260 g/mol. The van der Waals surface area contributed by atoms with Crippen LogP contribution in [0.15, 0.2) is 24.3 Å². The Morgan fingerprint density at radius 2 is 2.00 bits per heavy atom. The molecule has 2 rings (SSSR count). The van der Waals surface area contributed by atoms with Crippen LogP contribution in [-0.2, 0) is 13.0 Å². The number of hydrogen-bond acceptors (Lipinski definition) is 2. The van der Waals surface area contributed by atoms with Gasteiger partial charge in [0, 0.05) is 18.5 Å². The first-order chi connectivity index (χ1) is 9.15. The highest BCUT2D eigenvalue weighted by atomic mass is 16.3. The van der Waals surface area contributed by atoms with Crippen molar-refractivity contribution in [2.24, 2.45) is 11.8 Å². The number of rotatable bonds is 6. The van der Waals surface area contributed by atoms with Crippen LogP contribution in [0.3, 0.4) is 0 Å². The third-order valence-electron chi connectivity index (χ3n) is 3.58. The molecule has 0 radical (unpaired) electrons. The van der Waals surface area contributed by atoms with Crippen LogP contribution >= 0.6 is 0 Å². The Balaban J connectivity index is 2.29. The molecule has 104 valence electrons. The number of benzene rings is 1. The van der Waals surface area contributed by atoms with Crippen molar-refractivity contribution in [3.05, 3.63) is 30.0 Å². The van der Waals surface area contributed by atoms with Crippen LogP contribution in [0.5, 0.6) is 0 Å². The van der Waals surface area contributed by atoms with Crippen LogP contribution < -0.4 is 0 Å². The lowest BCUT2D eigenvalue weighted by atomic mass is 9.93. The van der Waals surface area contributed by atoms with E-state index in [1.165, 1.54) is 10.9 Å². The van der Waals surface area contributed by atoms with Gasteiger partial charge in [-0.3, -0.25) is 4.68 Å². The monoisotopic (exact) mass is 260 g/mol. The Morgan fingerprint density at radius 3 is 2.63 bits per heavy atom. The number of aliphatic hydroxyl groups is 1. The van der Waals surface area contributed by atoms with Gasteiger partial charge in [-0.05, 0) is 37.7 Å². The minimum Gasteiger partial charge on any atom is -0.396 e. The van der Waals surface area contributed by atoms with Crippen molar-refractivity contribution >= 4 is 10.9 Å². The van der Waals surface area contributed by atoms with Crippen molar-refractivity contribution in [1.29, 1.82) is 0 Å². The molecule has 0 amide bonds. The van der Waals surface area contributed by atoms with E-state index in [-0.39, 0.29) is 6.61 Å². The largest absolute Gasteiger partial charge is 0.396 e. The van der Waals surface area contributed by atoms with Crippen LogP contribution in [0.1, 0.15) is 32.9 Å². The van der Waals surface area contributed by atoms with Crippen molar-refractivity contribution in [3.63, 3.8) is 0 Å². The Bertz CT molecular complexity index is 531. The van der Waals surface area contributed by atoms with Crippen molar-refractivity contribution in [2.75, 3.05) is 6.61 Å². The van der Waals surface area contributed by atoms with E-state index in [4.69, 9.17) is 5.10 Å². The van der Waals surface area contributed by atoms with Crippen LogP contribution in [0.2, 0.25) is 0 Å². The number of para-hydroxylation sites is 1. The maximum Gasteiger partial charge on any atom is 0.0707 e. The van der Waals surface area contributed by atoms with Gasteiger partial charge in [0.1, 0.15) is 0 Å². The molecule has 1 unspecified atom stereocenters. The quantitative estimate of drug-likeness (QED) is 0.865. The van der Waals surface area contributed by atoms with Gasteiger partial charge >= 0.3 is 0 Å². The predicted octanol–water partition coefficient (Wildman–Crippen LogP) is 3.25. The van der Waals surface area contributed by atoms with Crippen LogP contribution in [-0.4, -0.2) is 21.5 Å². The molecule has 0 saturated carbocycles. The molecule has 0 saturated heterocycles. The summed E-state index contributed by atoms with van der Waals surface area (Å²) >= 11 is 0. The molecule has 2 aromatic rings. The molecule has 1 aromatic carbocycles. The lowest BCUT2D eigenvalue weighted by molar-refractivity contribution is 0.204. The van der Waals surface area contributed by atoms with Crippen molar-refractivity contribution in [3.8, 4) is 0 Å². The zero-order chi connectivity index (χ0) is 13.8. The van der Waals surface area contributed by atoms with E-state index in [9.17, 15) is 5.11 Å². The van der Waals surface area contributed by atoms with Gasteiger partial charge in [-0.1, -0.05) is 32.0 Å². The second-order valence-corrected chi connectivity index (χ2v) is 5.66. The Kier molecular flexibility index (Phi) is 4.59. The molecule has 0 spiro atoms. The molecule has 0 aliphatic heterocycles. The molecular weight excluding hydrogens is 236 g/mol. The maximum absolute atomic E-state index is 9.54. The lowest BCUT2D eigenvalue weighted by Gasteiger charge is -2.15. The summed E-state index contributed by atoms with van der Waals surface area (Å²) in [5, 5.41) is 15.5. The number of aliphatic hydroxyl groups excluding tert-OH is 1. The minimum atomic E-state index is 0.242. The van der Waals surface area contributed by atoms with Gasteiger partial charge in [-0.2, -0.15) is 5.10 Å². The summed E-state index contributed by atoms with van der Waals surface area (Å²) in [5.41, 5.74) is 2.32. The first-order valence-corrected chi connectivity index (χ1v) is 7.21. The molecule has 19 heavy (non-hydrogen) atoms. The van der Waals surface area contributed by atoms with Gasteiger partial charge in [-0.25, -0.2) is 0 Å². The summed E-state index contributed by atoms with van der Waals surface area (Å²) in [5.74, 6) is 0.917. The molecule has 0 fully saturated rings. The van der Waals surface area contributed by atoms with Crippen LogP contribution in [0.25, 0.3) is 10.9 Å². The highest BCUT2D eigenvalue weighted by molar-refractivity contribution is 5.81. The Morgan fingerprint density at radius 1 is 1.26 bits per heavy atom. The van der Waals surface area contributed by atoms with E-state index in [2.05, 4.69) is 49.7 Å². The van der Waals surface area contributed by atoms with Gasteiger partial charge < -0.3 is 5.11 Å². The number of aryl methyl sites for hydroxylation is 1. The maximum atomic E-state index is 9.54. The molecule has 1 atom stereocenters. The van der Waals surface area contributed by atoms with E-state index in [0.29, 0.717) is 11.8 Å². The van der Waals surface area contributed by atoms with E-state index in [1.54, 1.807) is 0 Å². The predicted molar refractivity (Wildman–Crippen MR) is 79.1 cm³/mol. The van der Waals surface area contributed by atoms with Gasteiger partial charge in [-0.15, -0.1) is 0 Å². The van der Waals surface area contributed by atoms with E-state index in [0.717, 1.165) is 25.1 Å². The summed E-state index contributed by atoms with van der Waals surface area (Å²) in [6.45, 7) is 7.64. The second kappa shape index (κ2) is 6.20. The third-order valence-corrected chi connectivity index (χ3v) is 3.58. The summed E-state index contributed by atoms with van der Waals surface area (Å²) < 4.78 is 2.05. The van der Waals surface area contributed by atoms with E-state index < -0.39 is 0 Å². The fourth-order valence-electron chi connectivity index (χ4n) is 2.75.